The second-order valence-corrected chi connectivity index (χ2v) is 10.7. The zero-order chi connectivity index (χ0) is 24.0. The van der Waals surface area contributed by atoms with Crippen LogP contribution in [0.3, 0.4) is 0 Å². The van der Waals surface area contributed by atoms with Gasteiger partial charge in [-0.3, -0.25) is 4.79 Å². The molecule has 7 heteroatoms. The molecular weight excluding hydrogens is 559 g/mol. The van der Waals surface area contributed by atoms with Gasteiger partial charge in [0.15, 0.2) is 0 Å². The van der Waals surface area contributed by atoms with Crippen LogP contribution in [-0.4, -0.2) is 20.4 Å². The van der Waals surface area contributed by atoms with Gasteiger partial charge in [-0.1, -0.05) is 72.8 Å². The summed E-state index contributed by atoms with van der Waals surface area (Å²) >= 11 is 2.11. The maximum atomic E-state index is 13.2. The van der Waals surface area contributed by atoms with Crippen LogP contribution in [0.4, 0.5) is 5.69 Å². The first kappa shape index (κ1) is 24.1. The highest BCUT2D eigenvalue weighted by molar-refractivity contribution is 14.1. The zero-order valence-corrected chi connectivity index (χ0v) is 21.2. The molecule has 0 aliphatic heterocycles. The SMILES string of the molecule is O=C(Nc1ccc(-c2ccccc2)cc1)[C@H](Cc1ccccc1)NS(=O)(=O)c1ccc(I)cc1. The molecule has 0 bridgehead atoms. The standard InChI is InChI=1S/C27H23IN2O3S/c28-23-13-17-25(18-14-23)34(32,33)30-26(19-20-7-3-1-4-8-20)27(31)29-24-15-11-22(12-16-24)21-9-5-2-6-10-21/h1-18,26,30H,19H2,(H,29,31)/t26-/m0/s1. The molecule has 0 unspecified atom stereocenters. The lowest BCUT2D eigenvalue weighted by Gasteiger charge is -2.19. The summed E-state index contributed by atoms with van der Waals surface area (Å²) in [5.74, 6) is -0.426. The number of amides is 1. The quantitative estimate of drug-likeness (QED) is 0.270. The van der Waals surface area contributed by atoms with Gasteiger partial charge in [-0.25, -0.2) is 8.42 Å². The normalized spacial score (nSPS) is 12.1. The third kappa shape index (κ3) is 6.31. The molecule has 1 atom stereocenters. The van der Waals surface area contributed by atoms with Gasteiger partial charge >= 0.3 is 0 Å². The molecule has 5 nitrogen and oxygen atoms in total. The van der Waals surface area contributed by atoms with E-state index in [2.05, 4.69) is 32.6 Å². The van der Waals surface area contributed by atoms with Gasteiger partial charge in [0.2, 0.25) is 15.9 Å². The molecule has 4 rings (SSSR count). The summed E-state index contributed by atoms with van der Waals surface area (Å²) < 4.78 is 29.5. The van der Waals surface area contributed by atoms with Gasteiger partial charge in [0.25, 0.3) is 0 Å². The minimum Gasteiger partial charge on any atom is -0.325 e. The van der Waals surface area contributed by atoms with Gasteiger partial charge in [0, 0.05) is 9.26 Å². The van der Waals surface area contributed by atoms with E-state index in [0.29, 0.717) is 5.69 Å². The fourth-order valence-electron chi connectivity index (χ4n) is 3.51. The van der Waals surface area contributed by atoms with Gasteiger partial charge < -0.3 is 5.32 Å². The van der Waals surface area contributed by atoms with Crippen molar-refractivity contribution in [1.29, 1.82) is 0 Å². The Labute approximate surface area is 213 Å². The second kappa shape index (κ2) is 10.9. The number of sulfonamides is 1. The molecule has 4 aromatic rings. The summed E-state index contributed by atoms with van der Waals surface area (Å²) in [7, 11) is -3.89. The van der Waals surface area contributed by atoms with Crippen LogP contribution >= 0.6 is 22.6 Å². The number of carbonyl (C=O) groups is 1. The lowest BCUT2D eigenvalue weighted by Crippen LogP contribution is -2.45. The van der Waals surface area contributed by atoms with E-state index in [9.17, 15) is 13.2 Å². The fourth-order valence-corrected chi connectivity index (χ4v) is 5.07. The van der Waals surface area contributed by atoms with Crippen molar-refractivity contribution in [3.63, 3.8) is 0 Å². The predicted octanol–water partition coefficient (Wildman–Crippen LogP) is 5.49. The average Bonchev–Trinajstić information content (AvgIpc) is 2.85. The van der Waals surface area contributed by atoms with Crippen LogP contribution in [0.1, 0.15) is 5.56 Å². The minimum atomic E-state index is -3.89. The minimum absolute atomic E-state index is 0.117. The first-order valence-corrected chi connectivity index (χ1v) is 13.2. The van der Waals surface area contributed by atoms with E-state index in [1.165, 1.54) is 12.1 Å². The van der Waals surface area contributed by atoms with Gasteiger partial charge in [-0.05, 0) is 82.1 Å². The summed E-state index contributed by atoms with van der Waals surface area (Å²) in [5, 5.41) is 2.86. The molecule has 172 valence electrons. The molecule has 0 heterocycles. The Balaban J connectivity index is 1.54. The first-order valence-electron chi connectivity index (χ1n) is 10.7. The second-order valence-electron chi connectivity index (χ2n) is 7.75. The Morgan fingerprint density at radius 1 is 0.735 bits per heavy atom. The Morgan fingerprint density at radius 2 is 1.29 bits per heavy atom. The van der Waals surface area contributed by atoms with Crippen LogP contribution in [0.5, 0.6) is 0 Å². The Hall–Kier alpha value is -3.01. The number of carbonyl (C=O) groups excluding carboxylic acids is 1. The van der Waals surface area contributed by atoms with Crippen molar-refractivity contribution >= 4 is 44.2 Å². The number of hydrogen-bond donors (Lipinski definition) is 2. The predicted molar refractivity (Wildman–Crippen MR) is 144 cm³/mol. The van der Waals surface area contributed by atoms with Gasteiger partial charge in [-0.2, -0.15) is 4.72 Å². The van der Waals surface area contributed by atoms with Crippen molar-refractivity contribution < 1.29 is 13.2 Å². The maximum absolute atomic E-state index is 13.2. The van der Waals surface area contributed by atoms with Crippen LogP contribution < -0.4 is 10.0 Å². The van der Waals surface area contributed by atoms with Crippen molar-refractivity contribution in [3.8, 4) is 11.1 Å². The zero-order valence-electron chi connectivity index (χ0n) is 18.2. The molecule has 0 saturated carbocycles. The number of anilines is 1. The lowest BCUT2D eigenvalue weighted by molar-refractivity contribution is -0.117. The number of hydrogen-bond acceptors (Lipinski definition) is 3. The summed E-state index contributed by atoms with van der Waals surface area (Å²) in [6.45, 7) is 0. The van der Waals surface area contributed by atoms with Crippen LogP contribution in [0, 0.1) is 3.57 Å². The summed E-state index contributed by atoms with van der Waals surface area (Å²) in [5.41, 5.74) is 3.55. The van der Waals surface area contributed by atoms with Gasteiger partial charge in [0.05, 0.1) is 4.90 Å². The largest absolute Gasteiger partial charge is 0.325 e. The van der Waals surface area contributed by atoms with E-state index in [0.717, 1.165) is 20.3 Å². The van der Waals surface area contributed by atoms with Gasteiger partial charge in [0.1, 0.15) is 6.04 Å². The number of benzene rings is 4. The van der Waals surface area contributed by atoms with E-state index in [1.54, 1.807) is 12.1 Å². The molecular formula is C27H23IN2O3S. The van der Waals surface area contributed by atoms with Crippen LogP contribution in [0.25, 0.3) is 11.1 Å². The molecule has 0 aromatic heterocycles. The Kier molecular flexibility index (Phi) is 7.77. The third-order valence-electron chi connectivity index (χ3n) is 5.28. The van der Waals surface area contributed by atoms with Crippen molar-refractivity contribution in [2.24, 2.45) is 0 Å². The highest BCUT2D eigenvalue weighted by atomic mass is 127. The number of nitrogens with one attached hydrogen (secondary N) is 2. The van der Waals surface area contributed by atoms with E-state index in [-0.39, 0.29) is 11.3 Å². The smallest absolute Gasteiger partial charge is 0.242 e. The highest BCUT2D eigenvalue weighted by Crippen LogP contribution is 2.21. The summed E-state index contributed by atoms with van der Waals surface area (Å²) in [6, 6.07) is 32.3. The Morgan fingerprint density at radius 3 is 1.91 bits per heavy atom. The van der Waals surface area contributed by atoms with Crippen molar-refractivity contribution in [1.82, 2.24) is 4.72 Å². The van der Waals surface area contributed by atoms with Crippen LogP contribution in [0.2, 0.25) is 0 Å². The topological polar surface area (TPSA) is 75.3 Å². The van der Waals surface area contributed by atoms with Gasteiger partial charge in [-0.15, -0.1) is 0 Å². The third-order valence-corrected chi connectivity index (χ3v) is 7.49. The molecule has 4 aromatic carbocycles. The molecule has 0 radical (unpaired) electrons. The van der Waals surface area contributed by atoms with Crippen LogP contribution in [0.15, 0.2) is 114 Å². The van der Waals surface area contributed by atoms with Crippen molar-refractivity contribution in [2.75, 3.05) is 5.32 Å². The fraction of sp³-hybridized carbons (Fsp3) is 0.0741. The molecule has 0 aliphatic carbocycles. The summed E-state index contributed by atoms with van der Waals surface area (Å²) in [4.78, 5) is 13.3. The maximum Gasteiger partial charge on any atom is 0.242 e. The average molecular weight is 582 g/mol. The van der Waals surface area contributed by atoms with E-state index >= 15 is 0 Å². The first-order chi connectivity index (χ1) is 16.4. The van der Waals surface area contributed by atoms with Crippen LogP contribution in [-0.2, 0) is 21.2 Å². The van der Waals surface area contributed by atoms with Crippen molar-refractivity contribution in [3.05, 3.63) is 118 Å². The molecule has 1 amide bonds. The molecule has 0 saturated heterocycles. The summed E-state index contributed by atoms with van der Waals surface area (Å²) in [6.07, 6.45) is 0.221. The van der Waals surface area contributed by atoms with E-state index in [1.807, 2.05) is 84.9 Å². The Bertz CT molecular complexity index is 1340. The number of rotatable bonds is 8. The molecule has 0 spiro atoms. The molecule has 34 heavy (non-hydrogen) atoms. The monoisotopic (exact) mass is 582 g/mol. The highest BCUT2D eigenvalue weighted by Gasteiger charge is 2.26. The lowest BCUT2D eigenvalue weighted by atomic mass is 10.0. The van der Waals surface area contributed by atoms with Crippen molar-refractivity contribution in [2.45, 2.75) is 17.4 Å². The molecule has 2 N–H and O–H groups in total. The molecule has 0 aliphatic rings. The number of halogens is 1. The van der Waals surface area contributed by atoms with E-state index in [4.69, 9.17) is 0 Å². The van der Waals surface area contributed by atoms with E-state index < -0.39 is 22.0 Å². The molecule has 0 fully saturated rings.